The number of hydrogen-bond acceptors (Lipinski definition) is 3. The van der Waals surface area contributed by atoms with Crippen LogP contribution in [0, 0.1) is 0 Å². The lowest BCUT2D eigenvalue weighted by atomic mass is 10.1. The van der Waals surface area contributed by atoms with Crippen LogP contribution in [-0.4, -0.2) is 24.5 Å². The van der Waals surface area contributed by atoms with Crippen molar-refractivity contribution < 1.29 is 22.7 Å². The van der Waals surface area contributed by atoms with Crippen molar-refractivity contribution in [1.29, 1.82) is 0 Å². The lowest BCUT2D eigenvalue weighted by Gasteiger charge is -2.08. The minimum Gasteiger partial charge on any atom is -0.384 e. The molecule has 0 aromatic carbocycles. The zero-order valence-electron chi connectivity index (χ0n) is 10.3. The standard InChI is InChI=1S/C12H13ClF3NO2/c1-19-5-4-9(18)2-3-11-10(13)6-8(7-17-11)12(14,15)16/h6-7H,2-5H2,1H3. The van der Waals surface area contributed by atoms with E-state index < -0.39 is 11.7 Å². The minimum atomic E-state index is -4.47. The van der Waals surface area contributed by atoms with E-state index in [0.717, 1.165) is 12.3 Å². The van der Waals surface area contributed by atoms with E-state index in [0.29, 0.717) is 12.3 Å². The second-order valence-electron chi connectivity index (χ2n) is 3.93. The van der Waals surface area contributed by atoms with Gasteiger partial charge in [-0.25, -0.2) is 0 Å². The van der Waals surface area contributed by atoms with Gasteiger partial charge in [-0.1, -0.05) is 11.6 Å². The molecule has 0 saturated carbocycles. The Kier molecular flexibility index (Phi) is 5.75. The Bertz CT molecular complexity index is 449. The average molecular weight is 296 g/mol. The van der Waals surface area contributed by atoms with E-state index in [4.69, 9.17) is 16.3 Å². The molecule has 19 heavy (non-hydrogen) atoms. The van der Waals surface area contributed by atoms with E-state index >= 15 is 0 Å². The molecule has 1 aromatic heterocycles. The number of ether oxygens (including phenoxy) is 1. The quantitative estimate of drug-likeness (QED) is 0.808. The fraction of sp³-hybridized carbons (Fsp3) is 0.500. The van der Waals surface area contributed by atoms with Crippen LogP contribution in [0.25, 0.3) is 0 Å². The third-order valence-corrected chi connectivity index (χ3v) is 2.80. The highest BCUT2D eigenvalue weighted by atomic mass is 35.5. The number of methoxy groups -OCH3 is 1. The number of pyridine rings is 1. The van der Waals surface area contributed by atoms with Gasteiger partial charge >= 0.3 is 6.18 Å². The molecule has 0 radical (unpaired) electrons. The molecule has 1 heterocycles. The Labute approximate surface area is 113 Å². The Hall–Kier alpha value is -1.14. The maximum Gasteiger partial charge on any atom is 0.417 e. The molecule has 0 N–H and O–H groups in total. The third kappa shape index (κ3) is 5.16. The van der Waals surface area contributed by atoms with Crippen LogP contribution in [0.1, 0.15) is 24.1 Å². The summed E-state index contributed by atoms with van der Waals surface area (Å²) in [5.74, 6) is -0.0420. The van der Waals surface area contributed by atoms with Crippen LogP contribution in [0.4, 0.5) is 13.2 Å². The lowest BCUT2D eigenvalue weighted by molar-refractivity contribution is -0.137. The highest BCUT2D eigenvalue weighted by Crippen LogP contribution is 2.31. The van der Waals surface area contributed by atoms with Crippen molar-refractivity contribution in [1.82, 2.24) is 4.98 Å². The van der Waals surface area contributed by atoms with Crippen molar-refractivity contribution >= 4 is 17.4 Å². The normalized spacial score (nSPS) is 11.6. The number of halogens is 4. The lowest BCUT2D eigenvalue weighted by Crippen LogP contribution is -2.08. The third-order valence-electron chi connectivity index (χ3n) is 2.47. The Morgan fingerprint density at radius 2 is 2.11 bits per heavy atom. The van der Waals surface area contributed by atoms with Gasteiger partial charge in [0.25, 0.3) is 0 Å². The van der Waals surface area contributed by atoms with E-state index in [-0.39, 0.29) is 30.1 Å². The summed E-state index contributed by atoms with van der Waals surface area (Å²) in [4.78, 5) is 15.0. The van der Waals surface area contributed by atoms with Gasteiger partial charge in [-0.3, -0.25) is 9.78 Å². The van der Waals surface area contributed by atoms with Crippen LogP contribution < -0.4 is 0 Å². The first-order valence-electron chi connectivity index (χ1n) is 5.57. The second-order valence-corrected chi connectivity index (χ2v) is 4.34. The summed E-state index contributed by atoms with van der Waals surface area (Å²) >= 11 is 5.72. The predicted octanol–water partition coefficient (Wildman–Crippen LogP) is 3.29. The van der Waals surface area contributed by atoms with Gasteiger partial charge in [-0.2, -0.15) is 13.2 Å². The monoisotopic (exact) mass is 295 g/mol. The van der Waals surface area contributed by atoms with E-state index in [2.05, 4.69) is 4.98 Å². The minimum absolute atomic E-state index is 0.0420. The van der Waals surface area contributed by atoms with E-state index in [1.807, 2.05) is 0 Å². The molecule has 0 fully saturated rings. The van der Waals surface area contributed by atoms with Gasteiger partial charge in [-0.15, -0.1) is 0 Å². The van der Waals surface area contributed by atoms with Crippen molar-refractivity contribution in [3.05, 3.63) is 28.5 Å². The summed E-state index contributed by atoms with van der Waals surface area (Å²) in [6, 6.07) is 0.823. The molecular weight excluding hydrogens is 283 g/mol. The molecule has 1 aromatic rings. The zero-order chi connectivity index (χ0) is 14.5. The predicted molar refractivity (Wildman–Crippen MR) is 64.1 cm³/mol. The number of hydrogen-bond donors (Lipinski definition) is 0. The Balaban J connectivity index is 2.63. The highest BCUT2D eigenvalue weighted by molar-refractivity contribution is 6.31. The van der Waals surface area contributed by atoms with Gasteiger partial charge in [0.2, 0.25) is 0 Å². The Morgan fingerprint density at radius 3 is 2.63 bits per heavy atom. The smallest absolute Gasteiger partial charge is 0.384 e. The zero-order valence-corrected chi connectivity index (χ0v) is 11.0. The number of carbonyl (C=O) groups is 1. The fourth-order valence-corrected chi connectivity index (χ4v) is 1.66. The van der Waals surface area contributed by atoms with Crippen molar-refractivity contribution in [3.63, 3.8) is 0 Å². The summed E-state index contributed by atoms with van der Waals surface area (Å²) in [5.41, 5.74) is -0.604. The van der Waals surface area contributed by atoms with Crippen LogP contribution in [-0.2, 0) is 22.1 Å². The topological polar surface area (TPSA) is 39.2 Å². The van der Waals surface area contributed by atoms with Crippen molar-refractivity contribution in [2.75, 3.05) is 13.7 Å². The average Bonchev–Trinajstić information content (AvgIpc) is 2.33. The molecule has 0 aliphatic heterocycles. The second kappa shape index (κ2) is 6.86. The number of nitrogens with zero attached hydrogens (tertiary/aromatic N) is 1. The van der Waals surface area contributed by atoms with Crippen LogP contribution >= 0.6 is 11.6 Å². The molecule has 0 unspecified atom stereocenters. The van der Waals surface area contributed by atoms with Gasteiger partial charge < -0.3 is 4.74 Å². The molecular formula is C12H13ClF3NO2. The first-order chi connectivity index (χ1) is 8.84. The first kappa shape index (κ1) is 15.9. The van der Waals surface area contributed by atoms with Gasteiger partial charge in [0.05, 0.1) is 22.9 Å². The van der Waals surface area contributed by atoms with E-state index in [1.165, 1.54) is 7.11 Å². The fourth-order valence-electron chi connectivity index (χ4n) is 1.40. The summed E-state index contributed by atoms with van der Waals surface area (Å²) in [6.07, 6.45) is -3.07. The molecule has 0 bridgehead atoms. The number of aromatic nitrogens is 1. The van der Waals surface area contributed by atoms with Gasteiger partial charge in [0.1, 0.15) is 5.78 Å². The first-order valence-corrected chi connectivity index (χ1v) is 5.94. The number of aryl methyl sites for hydroxylation is 1. The molecule has 1 rings (SSSR count). The number of rotatable bonds is 6. The molecule has 0 spiro atoms. The highest BCUT2D eigenvalue weighted by Gasteiger charge is 2.31. The van der Waals surface area contributed by atoms with Crippen LogP contribution in [0.2, 0.25) is 5.02 Å². The molecule has 0 atom stereocenters. The summed E-state index contributed by atoms with van der Waals surface area (Å²) in [7, 11) is 1.49. The molecule has 0 aliphatic carbocycles. The van der Waals surface area contributed by atoms with Crippen LogP contribution in [0.15, 0.2) is 12.3 Å². The van der Waals surface area contributed by atoms with Crippen molar-refractivity contribution in [2.45, 2.75) is 25.4 Å². The van der Waals surface area contributed by atoms with Gasteiger partial charge in [0.15, 0.2) is 0 Å². The summed E-state index contributed by atoms with van der Waals surface area (Å²) in [5, 5.41) is -0.0747. The molecule has 106 valence electrons. The molecule has 0 amide bonds. The molecule has 0 aliphatic rings. The van der Waals surface area contributed by atoms with E-state index in [1.54, 1.807) is 0 Å². The number of alkyl halides is 3. The number of carbonyl (C=O) groups excluding carboxylic acids is 1. The summed E-state index contributed by atoms with van der Waals surface area (Å²) < 4.78 is 41.9. The molecule has 7 heteroatoms. The van der Waals surface area contributed by atoms with Crippen LogP contribution in [0.3, 0.4) is 0 Å². The van der Waals surface area contributed by atoms with Crippen molar-refractivity contribution in [2.24, 2.45) is 0 Å². The van der Waals surface area contributed by atoms with Gasteiger partial charge in [-0.05, 0) is 12.5 Å². The maximum atomic E-state index is 12.4. The van der Waals surface area contributed by atoms with Crippen LogP contribution in [0.5, 0.6) is 0 Å². The van der Waals surface area contributed by atoms with E-state index in [9.17, 15) is 18.0 Å². The SMILES string of the molecule is COCCC(=O)CCc1ncc(C(F)(F)F)cc1Cl. The largest absolute Gasteiger partial charge is 0.417 e. The van der Waals surface area contributed by atoms with Gasteiger partial charge in [0, 0.05) is 26.1 Å². The Morgan fingerprint density at radius 1 is 1.42 bits per heavy atom. The number of Topliss-reactive ketones (excluding diaryl/α,β-unsaturated/α-hetero) is 1. The number of ketones is 1. The maximum absolute atomic E-state index is 12.4. The molecule has 3 nitrogen and oxygen atoms in total. The molecule has 0 saturated heterocycles. The van der Waals surface area contributed by atoms with Crippen molar-refractivity contribution in [3.8, 4) is 0 Å². The summed E-state index contributed by atoms with van der Waals surface area (Å²) in [6.45, 7) is 0.326.